The molecule has 1 aromatic rings. The van der Waals surface area contributed by atoms with Crippen LogP contribution in [-0.4, -0.2) is 36.2 Å². The molecule has 0 spiro atoms. The van der Waals surface area contributed by atoms with Crippen molar-refractivity contribution in [3.8, 4) is 0 Å². The monoisotopic (exact) mass is 234 g/mol. The van der Waals surface area contributed by atoms with E-state index in [-0.39, 0.29) is 6.61 Å². The van der Waals surface area contributed by atoms with Crippen LogP contribution < -0.4 is 5.73 Å². The standard InChI is InChI=1S/C14H22N2O/c1-16(13-7-8-13)10-9-14(15,11-17)12-5-3-2-4-6-12/h2-6,13,17H,7-11,15H2,1H3. The summed E-state index contributed by atoms with van der Waals surface area (Å²) < 4.78 is 0. The smallest absolute Gasteiger partial charge is 0.0656 e. The third-order valence-corrected chi connectivity index (χ3v) is 3.71. The van der Waals surface area contributed by atoms with Crippen LogP contribution in [0.25, 0.3) is 0 Å². The minimum atomic E-state index is -0.607. The van der Waals surface area contributed by atoms with Crippen LogP contribution in [0.3, 0.4) is 0 Å². The first-order chi connectivity index (χ1) is 8.15. The van der Waals surface area contributed by atoms with Crippen LogP contribution in [-0.2, 0) is 5.54 Å². The van der Waals surface area contributed by atoms with Crippen molar-refractivity contribution in [1.29, 1.82) is 0 Å². The molecule has 1 atom stereocenters. The lowest BCUT2D eigenvalue weighted by Crippen LogP contribution is -2.43. The van der Waals surface area contributed by atoms with E-state index in [4.69, 9.17) is 5.73 Å². The van der Waals surface area contributed by atoms with Gasteiger partial charge in [0.25, 0.3) is 0 Å². The lowest BCUT2D eigenvalue weighted by atomic mass is 9.88. The Kier molecular flexibility index (Phi) is 3.82. The van der Waals surface area contributed by atoms with Crippen LogP contribution in [0.1, 0.15) is 24.8 Å². The summed E-state index contributed by atoms with van der Waals surface area (Å²) in [6.45, 7) is 0.937. The largest absolute Gasteiger partial charge is 0.394 e. The third-order valence-electron chi connectivity index (χ3n) is 3.71. The van der Waals surface area contributed by atoms with E-state index in [0.29, 0.717) is 0 Å². The van der Waals surface area contributed by atoms with Gasteiger partial charge in [0.05, 0.1) is 12.1 Å². The summed E-state index contributed by atoms with van der Waals surface area (Å²) in [7, 11) is 2.14. The van der Waals surface area contributed by atoms with Gasteiger partial charge < -0.3 is 15.7 Å². The Morgan fingerprint density at radius 1 is 1.35 bits per heavy atom. The molecule has 0 radical (unpaired) electrons. The molecule has 3 nitrogen and oxygen atoms in total. The fourth-order valence-corrected chi connectivity index (χ4v) is 2.16. The van der Waals surface area contributed by atoms with Gasteiger partial charge in [0.1, 0.15) is 0 Å². The average Bonchev–Trinajstić information content (AvgIpc) is 3.21. The first kappa shape index (κ1) is 12.6. The van der Waals surface area contributed by atoms with Crippen molar-refractivity contribution < 1.29 is 5.11 Å². The quantitative estimate of drug-likeness (QED) is 0.780. The molecule has 17 heavy (non-hydrogen) atoms. The molecule has 94 valence electrons. The van der Waals surface area contributed by atoms with Crippen molar-refractivity contribution in [2.24, 2.45) is 5.73 Å². The topological polar surface area (TPSA) is 49.5 Å². The molecule has 3 heteroatoms. The van der Waals surface area contributed by atoms with E-state index in [1.807, 2.05) is 30.3 Å². The fourth-order valence-electron chi connectivity index (χ4n) is 2.16. The van der Waals surface area contributed by atoms with Crippen molar-refractivity contribution in [3.63, 3.8) is 0 Å². The van der Waals surface area contributed by atoms with E-state index in [0.717, 1.165) is 24.6 Å². The van der Waals surface area contributed by atoms with Gasteiger partial charge in [0.2, 0.25) is 0 Å². The van der Waals surface area contributed by atoms with Gasteiger partial charge in [-0.25, -0.2) is 0 Å². The number of hydrogen-bond acceptors (Lipinski definition) is 3. The molecule has 0 aromatic heterocycles. The molecule has 2 rings (SSSR count). The van der Waals surface area contributed by atoms with Crippen LogP contribution in [0.4, 0.5) is 0 Å². The second-order valence-corrected chi connectivity index (χ2v) is 5.14. The van der Waals surface area contributed by atoms with Gasteiger partial charge >= 0.3 is 0 Å². The first-order valence-electron chi connectivity index (χ1n) is 6.31. The predicted octanol–water partition coefficient (Wildman–Crippen LogP) is 1.32. The van der Waals surface area contributed by atoms with Gasteiger partial charge in [-0.05, 0) is 31.9 Å². The summed E-state index contributed by atoms with van der Waals surface area (Å²) in [6.07, 6.45) is 3.40. The Bertz CT molecular complexity index is 350. The fraction of sp³-hybridized carbons (Fsp3) is 0.571. The Labute approximate surface area is 103 Å². The van der Waals surface area contributed by atoms with Gasteiger partial charge in [-0.2, -0.15) is 0 Å². The maximum absolute atomic E-state index is 9.56. The van der Waals surface area contributed by atoms with E-state index in [9.17, 15) is 5.11 Å². The van der Waals surface area contributed by atoms with Gasteiger partial charge in [-0.3, -0.25) is 0 Å². The Hall–Kier alpha value is -0.900. The van der Waals surface area contributed by atoms with E-state index < -0.39 is 5.54 Å². The zero-order valence-corrected chi connectivity index (χ0v) is 10.5. The molecule has 1 aliphatic rings. The van der Waals surface area contributed by atoms with Crippen molar-refractivity contribution >= 4 is 0 Å². The number of aliphatic hydroxyl groups excluding tert-OH is 1. The van der Waals surface area contributed by atoms with Crippen LogP contribution in [0.15, 0.2) is 30.3 Å². The first-order valence-corrected chi connectivity index (χ1v) is 6.31. The number of benzene rings is 1. The summed E-state index contributed by atoms with van der Waals surface area (Å²) in [5, 5.41) is 9.56. The molecule has 0 aliphatic heterocycles. The number of nitrogens with two attached hydrogens (primary N) is 1. The normalized spacial score (nSPS) is 19.3. The van der Waals surface area contributed by atoms with E-state index in [1.54, 1.807) is 0 Å². The minimum absolute atomic E-state index is 0.00444. The zero-order chi connectivity index (χ0) is 12.3. The minimum Gasteiger partial charge on any atom is -0.394 e. The summed E-state index contributed by atoms with van der Waals surface area (Å²) in [6, 6.07) is 10.6. The highest BCUT2D eigenvalue weighted by molar-refractivity contribution is 5.24. The molecule has 1 unspecified atom stereocenters. The molecule has 0 heterocycles. The van der Waals surface area contributed by atoms with Gasteiger partial charge in [0.15, 0.2) is 0 Å². The molecule has 0 amide bonds. The molecule has 1 aromatic carbocycles. The average molecular weight is 234 g/mol. The second kappa shape index (κ2) is 5.17. The highest BCUT2D eigenvalue weighted by Gasteiger charge is 2.30. The SMILES string of the molecule is CN(CCC(N)(CO)c1ccccc1)C1CC1. The molecular formula is C14H22N2O. The summed E-state index contributed by atoms with van der Waals surface area (Å²) in [5.41, 5.74) is 6.72. The predicted molar refractivity (Wildman–Crippen MR) is 69.7 cm³/mol. The number of rotatable bonds is 6. The summed E-state index contributed by atoms with van der Waals surface area (Å²) in [4.78, 5) is 2.35. The maximum Gasteiger partial charge on any atom is 0.0656 e. The highest BCUT2D eigenvalue weighted by Crippen LogP contribution is 2.28. The van der Waals surface area contributed by atoms with Crippen LogP contribution in [0.5, 0.6) is 0 Å². The van der Waals surface area contributed by atoms with E-state index >= 15 is 0 Å². The molecule has 1 fully saturated rings. The molecule has 0 bridgehead atoms. The van der Waals surface area contributed by atoms with E-state index in [2.05, 4.69) is 11.9 Å². The molecule has 1 saturated carbocycles. The summed E-state index contributed by atoms with van der Waals surface area (Å²) in [5.74, 6) is 0. The van der Waals surface area contributed by atoms with Gasteiger partial charge in [-0.1, -0.05) is 30.3 Å². The van der Waals surface area contributed by atoms with Crippen molar-refractivity contribution in [2.45, 2.75) is 30.8 Å². The van der Waals surface area contributed by atoms with Crippen molar-refractivity contribution in [1.82, 2.24) is 4.90 Å². The van der Waals surface area contributed by atoms with Gasteiger partial charge in [-0.15, -0.1) is 0 Å². The van der Waals surface area contributed by atoms with Crippen molar-refractivity contribution in [3.05, 3.63) is 35.9 Å². The van der Waals surface area contributed by atoms with E-state index in [1.165, 1.54) is 12.8 Å². The zero-order valence-electron chi connectivity index (χ0n) is 10.5. The number of hydrogen-bond donors (Lipinski definition) is 2. The highest BCUT2D eigenvalue weighted by atomic mass is 16.3. The third kappa shape index (κ3) is 3.06. The summed E-state index contributed by atoms with van der Waals surface area (Å²) >= 11 is 0. The maximum atomic E-state index is 9.56. The van der Waals surface area contributed by atoms with Crippen LogP contribution in [0.2, 0.25) is 0 Å². The Morgan fingerprint density at radius 2 is 2.00 bits per heavy atom. The van der Waals surface area contributed by atoms with Gasteiger partial charge in [0, 0.05) is 12.6 Å². The number of aliphatic hydroxyl groups is 1. The second-order valence-electron chi connectivity index (χ2n) is 5.14. The Balaban J connectivity index is 1.98. The van der Waals surface area contributed by atoms with Crippen LogP contribution >= 0.6 is 0 Å². The van der Waals surface area contributed by atoms with Crippen LogP contribution in [0, 0.1) is 0 Å². The lowest BCUT2D eigenvalue weighted by molar-refractivity contribution is 0.169. The lowest BCUT2D eigenvalue weighted by Gasteiger charge is -2.30. The number of nitrogens with zero attached hydrogens (tertiary/aromatic N) is 1. The molecule has 3 N–H and O–H groups in total. The molecule has 1 aliphatic carbocycles. The van der Waals surface area contributed by atoms with Crippen molar-refractivity contribution in [2.75, 3.05) is 20.2 Å². The Morgan fingerprint density at radius 3 is 2.53 bits per heavy atom. The molecular weight excluding hydrogens is 212 g/mol. The molecule has 0 saturated heterocycles.